The molecule has 2 aliphatic rings. The zero-order valence-electron chi connectivity index (χ0n) is 10.6. The van der Waals surface area contributed by atoms with E-state index in [1.165, 1.54) is 0 Å². The summed E-state index contributed by atoms with van der Waals surface area (Å²) in [6, 6.07) is 0.476. The molecule has 2 rings (SSSR count). The first-order chi connectivity index (χ1) is 8.07. The Kier molecular flexibility index (Phi) is 4.33. The fourth-order valence-electron chi connectivity index (χ4n) is 2.67. The molecule has 1 N–H and O–H groups in total. The van der Waals surface area contributed by atoms with Crippen molar-refractivity contribution in [3.8, 4) is 0 Å². The number of nitrogens with one attached hydrogen (secondary N) is 1. The second-order valence-electron chi connectivity index (χ2n) is 5.29. The lowest BCUT2D eigenvalue weighted by atomic mass is 10.1. The minimum absolute atomic E-state index is 0.0290. The molecule has 3 nitrogen and oxygen atoms in total. The van der Waals surface area contributed by atoms with Crippen LogP contribution < -0.4 is 5.32 Å². The Morgan fingerprint density at radius 3 is 2.29 bits per heavy atom. The highest BCUT2D eigenvalue weighted by Gasteiger charge is 2.34. The van der Waals surface area contributed by atoms with Gasteiger partial charge in [-0.25, -0.2) is 8.78 Å². The Hall–Kier alpha value is -0.260. The molecule has 2 saturated heterocycles. The highest BCUT2D eigenvalue weighted by atomic mass is 19.3. The van der Waals surface area contributed by atoms with Gasteiger partial charge in [0.15, 0.2) is 0 Å². The number of piperidine rings is 1. The first-order valence-electron chi connectivity index (χ1n) is 6.62. The number of alkyl halides is 2. The molecule has 1 unspecified atom stereocenters. The van der Waals surface area contributed by atoms with Crippen molar-refractivity contribution >= 4 is 0 Å². The van der Waals surface area contributed by atoms with Crippen molar-refractivity contribution in [3.05, 3.63) is 0 Å². The summed E-state index contributed by atoms with van der Waals surface area (Å²) in [5.74, 6) is -2.42. The third-order valence-electron chi connectivity index (χ3n) is 3.88. The number of hydrogen-bond acceptors (Lipinski definition) is 3. The summed E-state index contributed by atoms with van der Waals surface area (Å²) in [7, 11) is 0. The topological polar surface area (TPSA) is 18.5 Å². The van der Waals surface area contributed by atoms with Gasteiger partial charge in [0.2, 0.25) is 0 Å². The predicted octanol–water partition coefficient (Wildman–Crippen LogP) is 1.01. The average Bonchev–Trinajstić information content (AvgIpc) is 2.33. The largest absolute Gasteiger partial charge is 0.314 e. The van der Waals surface area contributed by atoms with E-state index in [9.17, 15) is 8.78 Å². The van der Waals surface area contributed by atoms with Gasteiger partial charge in [0.25, 0.3) is 5.92 Å². The van der Waals surface area contributed by atoms with Crippen LogP contribution in [0.25, 0.3) is 0 Å². The minimum Gasteiger partial charge on any atom is -0.314 e. The quantitative estimate of drug-likeness (QED) is 0.803. The van der Waals surface area contributed by atoms with Crippen molar-refractivity contribution in [2.75, 3.05) is 45.8 Å². The number of likely N-dealkylation sites (tertiary alicyclic amines) is 1. The van der Waals surface area contributed by atoms with Gasteiger partial charge >= 0.3 is 0 Å². The number of rotatable bonds is 3. The Morgan fingerprint density at radius 1 is 1.12 bits per heavy atom. The molecule has 0 aromatic carbocycles. The van der Waals surface area contributed by atoms with Crippen molar-refractivity contribution in [1.82, 2.24) is 15.1 Å². The molecular formula is C12H23F2N3. The highest BCUT2D eigenvalue weighted by Crippen LogP contribution is 2.27. The first kappa shape index (κ1) is 13.2. The molecule has 0 spiro atoms. The van der Waals surface area contributed by atoms with Gasteiger partial charge in [-0.15, -0.1) is 0 Å². The smallest absolute Gasteiger partial charge is 0.250 e. The predicted molar refractivity (Wildman–Crippen MR) is 64.5 cm³/mol. The Balaban J connectivity index is 1.73. The molecule has 0 bridgehead atoms. The summed E-state index contributed by atoms with van der Waals surface area (Å²) in [6.07, 6.45) is 0.0581. The highest BCUT2D eigenvalue weighted by molar-refractivity contribution is 4.81. The van der Waals surface area contributed by atoms with E-state index >= 15 is 0 Å². The molecule has 0 aliphatic carbocycles. The summed E-state index contributed by atoms with van der Waals surface area (Å²) < 4.78 is 26.0. The van der Waals surface area contributed by atoms with E-state index in [4.69, 9.17) is 0 Å². The van der Waals surface area contributed by atoms with Gasteiger partial charge in [0, 0.05) is 64.7 Å². The van der Waals surface area contributed by atoms with Crippen LogP contribution in [0.5, 0.6) is 0 Å². The van der Waals surface area contributed by atoms with Crippen molar-refractivity contribution in [3.63, 3.8) is 0 Å². The van der Waals surface area contributed by atoms with E-state index in [-0.39, 0.29) is 12.8 Å². The van der Waals surface area contributed by atoms with Crippen LogP contribution in [-0.4, -0.2) is 67.6 Å². The van der Waals surface area contributed by atoms with Crippen LogP contribution in [0.4, 0.5) is 8.78 Å². The van der Waals surface area contributed by atoms with E-state index in [0.717, 1.165) is 32.7 Å². The van der Waals surface area contributed by atoms with Crippen molar-refractivity contribution < 1.29 is 8.78 Å². The number of halogens is 2. The van der Waals surface area contributed by atoms with Gasteiger partial charge in [0.1, 0.15) is 0 Å². The molecular weight excluding hydrogens is 224 g/mol. The average molecular weight is 247 g/mol. The summed E-state index contributed by atoms with van der Waals surface area (Å²) in [5, 5.41) is 3.33. The van der Waals surface area contributed by atoms with Crippen LogP contribution in [-0.2, 0) is 0 Å². The Labute approximate surface area is 102 Å². The van der Waals surface area contributed by atoms with E-state index < -0.39 is 5.92 Å². The molecule has 2 aliphatic heterocycles. The second-order valence-corrected chi connectivity index (χ2v) is 5.29. The number of piperazine rings is 1. The van der Waals surface area contributed by atoms with Crippen molar-refractivity contribution in [2.24, 2.45) is 0 Å². The second kappa shape index (κ2) is 5.59. The normalized spacial score (nSPS) is 29.1. The molecule has 17 heavy (non-hydrogen) atoms. The molecule has 2 fully saturated rings. The molecule has 100 valence electrons. The molecule has 2 heterocycles. The zero-order chi connectivity index (χ0) is 12.3. The van der Waals surface area contributed by atoms with Gasteiger partial charge in [-0.1, -0.05) is 0 Å². The monoisotopic (exact) mass is 247 g/mol. The lowest BCUT2D eigenvalue weighted by Crippen LogP contribution is -2.52. The fraction of sp³-hybridized carbons (Fsp3) is 1.00. The molecule has 0 radical (unpaired) electrons. The minimum atomic E-state index is -2.42. The van der Waals surface area contributed by atoms with Crippen LogP contribution in [0.15, 0.2) is 0 Å². The lowest BCUT2D eigenvalue weighted by molar-refractivity contribution is -0.0585. The summed E-state index contributed by atoms with van der Waals surface area (Å²) in [4.78, 5) is 4.63. The number of nitrogens with zero attached hydrogens (tertiary/aromatic N) is 2. The zero-order valence-corrected chi connectivity index (χ0v) is 10.6. The van der Waals surface area contributed by atoms with Gasteiger partial charge in [0.05, 0.1) is 0 Å². The standard InChI is InChI=1S/C12H23F2N3/c1-11(17-8-4-15-5-9-17)10-16-6-2-12(13,14)3-7-16/h11,15H,2-10H2,1H3. The van der Waals surface area contributed by atoms with Gasteiger partial charge in [-0.2, -0.15) is 0 Å². The van der Waals surface area contributed by atoms with E-state index in [0.29, 0.717) is 19.1 Å². The molecule has 0 aromatic rings. The Morgan fingerprint density at radius 2 is 1.71 bits per heavy atom. The van der Waals surface area contributed by atoms with E-state index in [2.05, 4.69) is 22.0 Å². The van der Waals surface area contributed by atoms with Gasteiger partial charge < -0.3 is 10.2 Å². The SMILES string of the molecule is CC(CN1CCC(F)(F)CC1)N1CCNCC1. The first-order valence-corrected chi connectivity index (χ1v) is 6.62. The summed E-state index contributed by atoms with van der Waals surface area (Å²) in [6.45, 7) is 8.46. The molecule has 5 heteroatoms. The molecule has 0 aromatic heterocycles. The maximum Gasteiger partial charge on any atom is 0.250 e. The van der Waals surface area contributed by atoms with Gasteiger partial charge in [-0.3, -0.25) is 4.90 Å². The van der Waals surface area contributed by atoms with Crippen LogP contribution in [0, 0.1) is 0 Å². The van der Waals surface area contributed by atoms with Crippen molar-refractivity contribution in [2.45, 2.75) is 31.7 Å². The Bertz CT molecular complexity index is 232. The van der Waals surface area contributed by atoms with Gasteiger partial charge in [-0.05, 0) is 6.92 Å². The third kappa shape index (κ3) is 3.86. The van der Waals surface area contributed by atoms with E-state index in [1.54, 1.807) is 0 Å². The van der Waals surface area contributed by atoms with E-state index in [1.807, 2.05) is 0 Å². The van der Waals surface area contributed by atoms with Crippen molar-refractivity contribution in [1.29, 1.82) is 0 Å². The molecule has 0 amide bonds. The van der Waals surface area contributed by atoms with Crippen LogP contribution in [0.1, 0.15) is 19.8 Å². The van der Waals surface area contributed by atoms with Crippen LogP contribution in [0.3, 0.4) is 0 Å². The fourth-order valence-corrected chi connectivity index (χ4v) is 2.67. The number of hydrogen-bond donors (Lipinski definition) is 1. The molecule has 0 saturated carbocycles. The summed E-state index contributed by atoms with van der Waals surface area (Å²) in [5.41, 5.74) is 0. The molecule has 1 atom stereocenters. The third-order valence-corrected chi connectivity index (χ3v) is 3.88. The van der Waals surface area contributed by atoms with Crippen LogP contribution in [0.2, 0.25) is 0 Å². The van der Waals surface area contributed by atoms with Crippen LogP contribution >= 0.6 is 0 Å². The summed E-state index contributed by atoms with van der Waals surface area (Å²) >= 11 is 0. The lowest BCUT2D eigenvalue weighted by Gasteiger charge is -2.38. The maximum atomic E-state index is 13.0. The maximum absolute atomic E-state index is 13.0.